The van der Waals surface area contributed by atoms with Crippen molar-refractivity contribution in [2.45, 2.75) is 5.41 Å². The second-order valence-electron chi connectivity index (χ2n) is 12.6. The van der Waals surface area contributed by atoms with Crippen molar-refractivity contribution >= 4 is 0 Å². The highest BCUT2D eigenvalue weighted by Crippen LogP contribution is 2.56. The minimum atomic E-state index is -0.427. The molecular formula is C47H32N2. The first-order valence-corrected chi connectivity index (χ1v) is 16.8. The number of benzene rings is 7. The number of hydrogen-bond acceptors (Lipinski definition) is 2. The molecule has 49 heavy (non-hydrogen) atoms. The standard InChI is InChI=1S/C47H32N2/c1-4-15-34(16-5-1)44-32-45(35-17-6-2-7-18-35)49-46(48-44)36-29-27-33(28-30-36)37-19-14-22-39(31-37)47(38-20-8-3-9-21-38)42-25-12-10-23-40(42)41-24-11-13-26-43(41)47/h1-32H. The monoisotopic (exact) mass is 624 g/mol. The number of aromatic nitrogens is 2. The lowest BCUT2D eigenvalue weighted by Crippen LogP contribution is -2.28. The van der Waals surface area contributed by atoms with Gasteiger partial charge in [-0.2, -0.15) is 0 Å². The number of rotatable bonds is 6. The molecule has 0 saturated heterocycles. The Morgan fingerprint density at radius 1 is 0.306 bits per heavy atom. The molecule has 0 unspecified atom stereocenters. The Morgan fingerprint density at radius 3 is 1.33 bits per heavy atom. The van der Waals surface area contributed by atoms with Gasteiger partial charge in [0.2, 0.25) is 0 Å². The van der Waals surface area contributed by atoms with Crippen LogP contribution in [-0.2, 0) is 5.41 Å². The molecule has 0 radical (unpaired) electrons. The fraction of sp³-hybridized carbons (Fsp3) is 0.0213. The third-order valence-electron chi connectivity index (χ3n) is 9.80. The molecule has 0 aliphatic heterocycles. The van der Waals surface area contributed by atoms with Gasteiger partial charge in [-0.15, -0.1) is 0 Å². The normalized spacial score (nSPS) is 12.7. The van der Waals surface area contributed by atoms with Crippen molar-refractivity contribution in [3.05, 3.63) is 216 Å². The van der Waals surface area contributed by atoms with E-state index in [4.69, 9.17) is 9.97 Å². The zero-order valence-corrected chi connectivity index (χ0v) is 26.9. The summed E-state index contributed by atoms with van der Waals surface area (Å²) in [6.07, 6.45) is 0. The molecular weight excluding hydrogens is 593 g/mol. The number of fused-ring (bicyclic) bond motifs is 3. The van der Waals surface area contributed by atoms with Crippen LogP contribution in [0.2, 0.25) is 0 Å². The maximum absolute atomic E-state index is 5.04. The van der Waals surface area contributed by atoms with Gasteiger partial charge in [-0.25, -0.2) is 9.97 Å². The van der Waals surface area contributed by atoms with Gasteiger partial charge in [0.1, 0.15) is 0 Å². The average molecular weight is 625 g/mol. The molecule has 9 rings (SSSR count). The Balaban J connectivity index is 1.15. The summed E-state index contributed by atoms with van der Waals surface area (Å²) in [4.78, 5) is 10.1. The van der Waals surface area contributed by atoms with Gasteiger partial charge in [-0.3, -0.25) is 0 Å². The van der Waals surface area contributed by atoms with Gasteiger partial charge >= 0.3 is 0 Å². The summed E-state index contributed by atoms with van der Waals surface area (Å²) in [5.74, 6) is 0.711. The first-order valence-electron chi connectivity index (χ1n) is 16.8. The molecule has 0 bridgehead atoms. The third kappa shape index (κ3) is 4.89. The molecule has 1 aliphatic rings. The average Bonchev–Trinajstić information content (AvgIpc) is 3.50. The van der Waals surface area contributed by atoms with Gasteiger partial charge in [0.25, 0.3) is 0 Å². The number of nitrogens with zero attached hydrogens (tertiary/aromatic N) is 2. The second kappa shape index (κ2) is 12.0. The molecule has 0 saturated carbocycles. The predicted molar refractivity (Wildman–Crippen MR) is 201 cm³/mol. The summed E-state index contributed by atoms with van der Waals surface area (Å²) in [5, 5.41) is 0. The smallest absolute Gasteiger partial charge is 0.160 e. The summed E-state index contributed by atoms with van der Waals surface area (Å²) < 4.78 is 0. The Morgan fingerprint density at radius 2 is 0.755 bits per heavy atom. The molecule has 0 atom stereocenters. The summed E-state index contributed by atoms with van der Waals surface area (Å²) in [7, 11) is 0. The van der Waals surface area contributed by atoms with E-state index in [1.54, 1.807) is 0 Å². The van der Waals surface area contributed by atoms with Crippen LogP contribution >= 0.6 is 0 Å². The number of hydrogen-bond donors (Lipinski definition) is 0. The highest BCUT2D eigenvalue weighted by atomic mass is 14.9. The topological polar surface area (TPSA) is 25.8 Å². The Kier molecular flexibility index (Phi) is 7.06. The SMILES string of the molecule is c1ccc(-c2cc(-c3ccccc3)nc(-c3ccc(-c4cccc(C5(c6ccccc6)c6ccccc6-c6ccccc65)c4)cc3)n2)cc1. The molecule has 1 aliphatic carbocycles. The van der Waals surface area contributed by atoms with Crippen LogP contribution in [0.1, 0.15) is 22.3 Å². The van der Waals surface area contributed by atoms with Crippen LogP contribution in [0.5, 0.6) is 0 Å². The van der Waals surface area contributed by atoms with Gasteiger partial charge in [0.15, 0.2) is 5.82 Å². The van der Waals surface area contributed by atoms with Gasteiger partial charge < -0.3 is 0 Å². The lowest BCUT2D eigenvalue weighted by Gasteiger charge is -2.34. The Hall–Kier alpha value is -6.38. The zero-order chi connectivity index (χ0) is 32.6. The third-order valence-corrected chi connectivity index (χ3v) is 9.80. The van der Waals surface area contributed by atoms with Crippen molar-refractivity contribution in [3.63, 3.8) is 0 Å². The summed E-state index contributed by atoms with van der Waals surface area (Å²) in [6.45, 7) is 0. The van der Waals surface area contributed by atoms with Crippen LogP contribution in [0.25, 0.3) is 56.2 Å². The largest absolute Gasteiger partial charge is 0.228 e. The lowest BCUT2D eigenvalue weighted by atomic mass is 9.67. The van der Waals surface area contributed by atoms with Crippen molar-refractivity contribution in [1.29, 1.82) is 0 Å². The summed E-state index contributed by atoms with van der Waals surface area (Å²) in [5.41, 5.74) is 14.6. The summed E-state index contributed by atoms with van der Waals surface area (Å²) in [6, 6.07) is 69.2. The maximum atomic E-state index is 5.04. The van der Waals surface area contributed by atoms with E-state index < -0.39 is 5.41 Å². The van der Waals surface area contributed by atoms with Crippen molar-refractivity contribution < 1.29 is 0 Å². The fourth-order valence-electron chi connectivity index (χ4n) is 7.55. The van der Waals surface area contributed by atoms with E-state index in [-0.39, 0.29) is 0 Å². The Bertz CT molecular complexity index is 2310. The highest BCUT2D eigenvalue weighted by Gasteiger charge is 2.45. The first-order chi connectivity index (χ1) is 24.3. The summed E-state index contributed by atoms with van der Waals surface area (Å²) >= 11 is 0. The highest BCUT2D eigenvalue weighted by molar-refractivity contribution is 5.87. The minimum Gasteiger partial charge on any atom is -0.228 e. The predicted octanol–water partition coefficient (Wildman–Crippen LogP) is 11.5. The molecule has 1 heterocycles. The molecule has 0 spiro atoms. The van der Waals surface area contributed by atoms with Crippen LogP contribution in [0.4, 0.5) is 0 Å². The van der Waals surface area contributed by atoms with Crippen molar-refractivity contribution in [3.8, 4) is 56.2 Å². The van der Waals surface area contributed by atoms with E-state index in [1.807, 2.05) is 36.4 Å². The zero-order valence-electron chi connectivity index (χ0n) is 26.9. The lowest BCUT2D eigenvalue weighted by molar-refractivity contribution is 0.769. The second-order valence-corrected chi connectivity index (χ2v) is 12.6. The van der Waals surface area contributed by atoms with Crippen molar-refractivity contribution in [2.75, 3.05) is 0 Å². The maximum Gasteiger partial charge on any atom is 0.160 e. The fourth-order valence-corrected chi connectivity index (χ4v) is 7.55. The molecule has 0 fully saturated rings. The Labute approximate surface area is 287 Å². The van der Waals surface area contributed by atoms with Crippen molar-refractivity contribution in [1.82, 2.24) is 9.97 Å². The molecule has 7 aromatic carbocycles. The molecule has 0 N–H and O–H groups in total. The van der Waals surface area contributed by atoms with Crippen molar-refractivity contribution in [2.24, 2.45) is 0 Å². The van der Waals surface area contributed by atoms with Gasteiger partial charge in [-0.05, 0) is 56.6 Å². The van der Waals surface area contributed by atoms with Crippen LogP contribution in [0, 0.1) is 0 Å². The molecule has 2 heteroatoms. The van der Waals surface area contributed by atoms with Crippen LogP contribution < -0.4 is 0 Å². The van der Waals surface area contributed by atoms with Crippen LogP contribution in [-0.4, -0.2) is 9.97 Å². The molecule has 0 amide bonds. The molecule has 8 aromatic rings. The van der Waals surface area contributed by atoms with Crippen LogP contribution in [0.3, 0.4) is 0 Å². The van der Waals surface area contributed by atoms with Gasteiger partial charge in [0, 0.05) is 16.7 Å². The van der Waals surface area contributed by atoms with Crippen LogP contribution in [0.15, 0.2) is 194 Å². The van der Waals surface area contributed by atoms with E-state index in [0.29, 0.717) is 5.82 Å². The first kappa shape index (κ1) is 28.8. The van der Waals surface area contributed by atoms with E-state index in [1.165, 1.54) is 38.9 Å². The van der Waals surface area contributed by atoms with E-state index in [0.717, 1.165) is 33.6 Å². The van der Waals surface area contributed by atoms with E-state index >= 15 is 0 Å². The quantitative estimate of drug-likeness (QED) is 0.184. The molecule has 2 nitrogen and oxygen atoms in total. The van der Waals surface area contributed by atoms with E-state index in [2.05, 4.69) is 158 Å². The minimum absolute atomic E-state index is 0.427. The van der Waals surface area contributed by atoms with Gasteiger partial charge in [0.05, 0.1) is 16.8 Å². The van der Waals surface area contributed by atoms with Gasteiger partial charge in [-0.1, -0.05) is 182 Å². The molecule has 1 aromatic heterocycles. The molecule has 230 valence electrons. The van der Waals surface area contributed by atoms with E-state index in [9.17, 15) is 0 Å².